The molecule has 1 aromatic rings. The Bertz CT molecular complexity index is 372. The Morgan fingerprint density at radius 2 is 1.94 bits per heavy atom. The number of carbonyl (C=O) groups is 1. The van der Waals surface area contributed by atoms with Gasteiger partial charge in [-0.05, 0) is 37.2 Å². The zero-order valence-electron chi connectivity index (χ0n) is 10.4. The first-order valence-corrected chi connectivity index (χ1v) is 5.59. The van der Waals surface area contributed by atoms with E-state index >= 15 is 0 Å². The molecule has 1 aliphatic rings. The van der Waals surface area contributed by atoms with Crippen molar-refractivity contribution in [3.8, 4) is 0 Å². The molecule has 0 aliphatic carbocycles. The minimum Gasteiger partial charge on any atom is -0.326 e. The third-order valence-electron chi connectivity index (χ3n) is 2.42. The minimum absolute atomic E-state index is 0.107. The normalized spacial score (nSPS) is 12.9. The van der Waals surface area contributed by atoms with E-state index in [4.69, 9.17) is 0 Å². The second-order valence-electron chi connectivity index (χ2n) is 4.30. The highest BCUT2D eigenvalue weighted by Gasteiger charge is 2.17. The molecule has 2 N–H and O–H groups in total. The molecule has 0 unspecified atom stereocenters. The Labute approximate surface area is 97.2 Å². The van der Waals surface area contributed by atoms with Crippen LogP contribution in [0.2, 0.25) is 0 Å². The molecule has 2 rings (SSSR count). The van der Waals surface area contributed by atoms with E-state index in [0.29, 0.717) is 12.3 Å². The summed E-state index contributed by atoms with van der Waals surface area (Å²) in [4.78, 5) is 11.1. The molecule has 0 saturated carbocycles. The van der Waals surface area contributed by atoms with Crippen molar-refractivity contribution in [3.05, 3.63) is 29.3 Å². The van der Waals surface area contributed by atoms with Crippen LogP contribution in [0.3, 0.4) is 0 Å². The Balaban J connectivity index is 0.000000386. The van der Waals surface area contributed by atoms with E-state index in [1.54, 1.807) is 0 Å². The Morgan fingerprint density at radius 3 is 2.50 bits per heavy atom. The van der Waals surface area contributed by atoms with Gasteiger partial charge in [0.1, 0.15) is 0 Å². The molecule has 1 aliphatic heterocycles. The maximum atomic E-state index is 11.1. The third-order valence-corrected chi connectivity index (χ3v) is 2.42. The number of benzene rings is 1. The van der Waals surface area contributed by atoms with Crippen molar-refractivity contribution in [1.82, 2.24) is 5.32 Å². The van der Waals surface area contributed by atoms with Gasteiger partial charge < -0.3 is 10.6 Å². The Hall–Kier alpha value is -1.35. The van der Waals surface area contributed by atoms with Gasteiger partial charge in [0, 0.05) is 5.69 Å². The molecule has 16 heavy (non-hydrogen) atoms. The van der Waals surface area contributed by atoms with Crippen LogP contribution in [0, 0.1) is 0 Å². The number of amides is 1. The molecule has 0 atom stereocenters. The number of hydrogen-bond acceptors (Lipinski definition) is 2. The van der Waals surface area contributed by atoms with Crippen LogP contribution in [0.4, 0.5) is 5.69 Å². The molecule has 0 radical (unpaired) electrons. The van der Waals surface area contributed by atoms with Crippen LogP contribution in [0.25, 0.3) is 0 Å². The van der Waals surface area contributed by atoms with Gasteiger partial charge in [-0.3, -0.25) is 4.79 Å². The van der Waals surface area contributed by atoms with Crippen LogP contribution < -0.4 is 10.6 Å². The second kappa shape index (κ2) is 5.66. The lowest BCUT2D eigenvalue weighted by Gasteiger charge is -2.06. The lowest BCUT2D eigenvalue weighted by Crippen LogP contribution is -2.03. The van der Waals surface area contributed by atoms with Gasteiger partial charge in [-0.2, -0.15) is 0 Å². The summed E-state index contributed by atoms with van der Waals surface area (Å²) < 4.78 is 0. The molecule has 0 aromatic heterocycles. The first kappa shape index (κ1) is 12.7. The number of carbonyl (C=O) groups excluding carboxylic acids is 1. The second-order valence-corrected chi connectivity index (χ2v) is 4.30. The summed E-state index contributed by atoms with van der Waals surface area (Å²) in [6, 6.07) is 6.20. The van der Waals surface area contributed by atoms with Gasteiger partial charge in [-0.25, -0.2) is 0 Å². The summed E-state index contributed by atoms with van der Waals surface area (Å²) in [5.41, 5.74) is 3.42. The molecule has 3 heteroatoms. The molecule has 0 bridgehead atoms. The standard InChI is InChI=1S/C11H13NO.C2H7N/c1-7(2)8-3-4-10-9(5-8)6-11(13)12-10;1-3-2/h3-5,7H,6H2,1-2H3,(H,12,13);3H,1-2H3. The average molecular weight is 220 g/mol. The molecule has 1 aromatic carbocycles. The van der Waals surface area contributed by atoms with E-state index < -0.39 is 0 Å². The highest BCUT2D eigenvalue weighted by atomic mass is 16.1. The summed E-state index contributed by atoms with van der Waals surface area (Å²) in [5, 5.41) is 5.57. The predicted molar refractivity (Wildman–Crippen MR) is 67.8 cm³/mol. The molecule has 0 spiro atoms. The predicted octanol–water partition coefficient (Wildman–Crippen LogP) is 2.14. The smallest absolute Gasteiger partial charge is 0.228 e. The molecule has 0 saturated heterocycles. The Kier molecular flexibility index (Phi) is 4.50. The average Bonchev–Trinajstić information content (AvgIpc) is 2.57. The SMILES string of the molecule is CC(C)c1ccc2c(c1)CC(=O)N2.CNC. The van der Waals surface area contributed by atoms with E-state index in [-0.39, 0.29) is 5.91 Å². The minimum atomic E-state index is 0.107. The molecule has 3 nitrogen and oxygen atoms in total. The van der Waals surface area contributed by atoms with Crippen molar-refractivity contribution in [2.75, 3.05) is 19.4 Å². The third kappa shape index (κ3) is 3.07. The summed E-state index contributed by atoms with van der Waals surface area (Å²) in [6.45, 7) is 4.32. The van der Waals surface area contributed by atoms with E-state index in [9.17, 15) is 4.79 Å². The number of nitrogens with one attached hydrogen (secondary N) is 2. The van der Waals surface area contributed by atoms with Gasteiger partial charge in [0.25, 0.3) is 0 Å². The number of anilines is 1. The number of rotatable bonds is 1. The summed E-state index contributed by atoms with van der Waals surface area (Å²) in [6.07, 6.45) is 0.538. The molecular weight excluding hydrogens is 200 g/mol. The summed E-state index contributed by atoms with van der Waals surface area (Å²) in [7, 11) is 3.75. The monoisotopic (exact) mass is 220 g/mol. The van der Waals surface area contributed by atoms with E-state index in [1.807, 2.05) is 20.2 Å². The first-order chi connectivity index (χ1) is 7.58. The zero-order chi connectivity index (χ0) is 12.1. The van der Waals surface area contributed by atoms with Gasteiger partial charge in [0.2, 0.25) is 5.91 Å². The lowest BCUT2D eigenvalue weighted by molar-refractivity contribution is -0.115. The Morgan fingerprint density at radius 1 is 1.31 bits per heavy atom. The number of hydrogen-bond donors (Lipinski definition) is 2. The van der Waals surface area contributed by atoms with Crippen molar-refractivity contribution in [1.29, 1.82) is 0 Å². The number of fused-ring (bicyclic) bond motifs is 1. The fourth-order valence-electron chi connectivity index (χ4n) is 1.61. The highest BCUT2D eigenvalue weighted by molar-refractivity contribution is 5.99. The highest BCUT2D eigenvalue weighted by Crippen LogP contribution is 2.26. The molecule has 88 valence electrons. The lowest BCUT2D eigenvalue weighted by atomic mass is 10.00. The molecule has 1 amide bonds. The molecular formula is C13H20N2O. The van der Waals surface area contributed by atoms with E-state index in [2.05, 4.69) is 36.6 Å². The van der Waals surface area contributed by atoms with Crippen molar-refractivity contribution >= 4 is 11.6 Å². The van der Waals surface area contributed by atoms with Crippen LogP contribution in [0.5, 0.6) is 0 Å². The van der Waals surface area contributed by atoms with Crippen molar-refractivity contribution in [3.63, 3.8) is 0 Å². The largest absolute Gasteiger partial charge is 0.326 e. The fourth-order valence-corrected chi connectivity index (χ4v) is 1.61. The fraction of sp³-hybridized carbons (Fsp3) is 0.462. The van der Waals surface area contributed by atoms with Crippen LogP contribution in [0.15, 0.2) is 18.2 Å². The maximum Gasteiger partial charge on any atom is 0.228 e. The first-order valence-electron chi connectivity index (χ1n) is 5.59. The van der Waals surface area contributed by atoms with Crippen LogP contribution in [-0.2, 0) is 11.2 Å². The summed E-state index contributed by atoms with van der Waals surface area (Å²) in [5.74, 6) is 0.636. The van der Waals surface area contributed by atoms with Crippen molar-refractivity contribution in [2.45, 2.75) is 26.2 Å². The maximum absolute atomic E-state index is 11.1. The van der Waals surface area contributed by atoms with Crippen LogP contribution in [0.1, 0.15) is 30.9 Å². The van der Waals surface area contributed by atoms with Crippen molar-refractivity contribution < 1.29 is 4.79 Å². The quantitative estimate of drug-likeness (QED) is 0.761. The van der Waals surface area contributed by atoms with Crippen LogP contribution >= 0.6 is 0 Å². The van der Waals surface area contributed by atoms with Gasteiger partial charge in [0.15, 0.2) is 0 Å². The van der Waals surface area contributed by atoms with Gasteiger partial charge in [0.05, 0.1) is 6.42 Å². The zero-order valence-corrected chi connectivity index (χ0v) is 10.4. The molecule has 0 fully saturated rings. The van der Waals surface area contributed by atoms with E-state index in [1.165, 1.54) is 5.56 Å². The van der Waals surface area contributed by atoms with Gasteiger partial charge in [-0.1, -0.05) is 26.0 Å². The van der Waals surface area contributed by atoms with Gasteiger partial charge >= 0.3 is 0 Å². The molecule has 1 heterocycles. The van der Waals surface area contributed by atoms with Crippen LogP contribution in [-0.4, -0.2) is 20.0 Å². The summed E-state index contributed by atoms with van der Waals surface area (Å²) >= 11 is 0. The van der Waals surface area contributed by atoms with E-state index in [0.717, 1.165) is 11.3 Å². The van der Waals surface area contributed by atoms with Gasteiger partial charge in [-0.15, -0.1) is 0 Å². The topological polar surface area (TPSA) is 41.1 Å². The van der Waals surface area contributed by atoms with Crippen molar-refractivity contribution in [2.24, 2.45) is 0 Å².